The summed E-state index contributed by atoms with van der Waals surface area (Å²) in [7, 11) is 0. The summed E-state index contributed by atoms with van der Waals surface area (Å²) in [5.74, 6) is -0.375. The van der Waals surface area contributed by atoms with Crippen LogP contribution in [0.2, 0.25) is 0 Å². The zero-order chi connectivity index (χ0) is 14.2. The number of hydrogen-bond donors (Lipinski definition) is 1. The fourth-order valence-electron chi connectivity index (χ4n) is 2.00. The highest BCUT2D eigenvalue weighted by Crippen LogP contribution is 2.53. The molecule has 1 aromatic carbocycles. The monoisotopic (exact) mass is 309 g/mol. The molecule has 0 radical (unpaired) electrons. The lowest BCUT2D eigenvalue weighted by Crippen LogP contribution is -2.26. The van der Waals surface area contributed by atoms with Gasteiger partial charge in [-0.15, -0.1) is 23.2 Å². The van der Waals surface area contributed by atoms with E-state index >= 15 is 0 Å². The van der Waals surface area contributed by atoms with Crippen LogP contribution in [0.5, 0.6) is 0 Å². The van der Waals surface area contributed by atoms with E-state index in [0.717, 1.165) is 11.3 Å². The maximum absolute atomic E-state index is 11.8. The van der Waals surface area contributed by atoms with Crippen molar-refractivity contribution in [1.82, 2.24) is 15.1 Å². The first-order chi connectivity index (χ1) is 9.56. The van der Waals surface area contributed by atoms with Crippen molar-refractivity contribution < 1.29 is 4.79 Å². The Morgan fingerprint density at radius 1 is 1.40 bits per heavy atom. The lowest BCUT2D eigenvalue weighted by molar-refractivity contribution is -0.122. The molecule has 20 heavy (non-hydrogen) atoms. The second-order valence-corrected chi connectivity index (χ2v) is 6.40. The molecular weight excluding hydrogens is 297 g/mol. The molecule has 1 amide bonds. The summed E-state index contributed by atoms with van der Waals surface area (Å²) in [5.41, 5.74) is 2.00. The number of nitrogens with zero attached hydrogens (tertiary/aromatic N) is 2. The second kappa shape index (κ2) is 5.11. The highest BCUT2D eigenvalue weighted by Gasteiger charge is 2.56. The van der Waals surface area contributed by atoms with E-state index in [4.69, 9.17) is 23.2 Å². The number of halogens is 2. The molecule has 1 aromatic heterocycles. The van der Waals surface area contributed by atoms with E-state index < -0.39 is 4.33 Å². The van der Waals surface area contributed by atoms with Gasteiger partial charge in [-0.05, 0) is 30.2 Å². The molecule has 0 bridgehead atoms. The molecule has 104 valence electrons. The standard InChI is InChI=1S/C14H13Cl2N3O/c15-14(16)8-12(14)13(20)17-9-10-2-4-11(5-3-10)19-7-1-6-18-19/h1-7,12H,8-9H2,(H,17,20). The lowest BCUT2D eigenvalue weighted by atomic mass is 10.2. The van der Waals surface area contributed by atoms with Crippen molar-refractivity contribution in [3.8, 4) is 5.69 Å². The summed E-state index contributed by atoms with van der Waals surface area (Å²) < 4.78 is 0.913. The molecule has 1 aliphatic rings. The summed E-state index contributed by atoms with van der Waals surface area (Å²) >= 11 is 11.7. The maximum atomic E-state index is 11.8. The first-order valence-corrected chi connectivity index (χ1v) is 7.06. The number of rotatable bonds is 4. The van der Waals surface area contributed by atoms with Crippen molar-refractivity contribution in [3.05, 3.63) is 48.3 Å². The molecule has 1 aliphatic carbocycles. The van der Waals surface area contributed by atoms with Gasteiger partial charge in [-0.2, -0.15) is 5.10 Å². The number of carbonyl (C=O) groups is 1. The van der Waals surface area contributed by atoms with Crippen molar-refractivity contribution in [2.24, 2.45) is 5.92 Å². The van der Waals surface area contributed by atoms with Crippen molar-refractivity contribution in [2.75, 3.05) is 0 Å². The third-order valence-electron chi connectivity index (χ3n) is 3.31. The van der Waals surface area contributed by atoms with Gasteiger partial charge in [-0.25, -0.2) is 4.68 Å². The van der Waals surface area contributed by atoms with Crippen LogP contribution in [0.4, 0.5) is 0 Å². The van der Waals surface area contributed by atoms with Gasteiger partial charge in [0.1, 0.15) is 4.33 Å². The van der Waals surface area contributed by atoms with Crippen LogP contribution in [0.3, 0.4) is 0 Å². The zero-order valence-corrected chi connectivity index (χ0v) is 12.1. The first kappa shape index (κ1) is 13.5. The Morgan fingerprint density at radius 3 is 2.65 bits per heavy atom. The first-order valence-electron chi connectivity index (χ1n) is 6.31. The number of benzene rings is 1. The van der Waals surface area contributed by atoms with E-state index in [9.17, 15) is 4.79 Å². The molecule has 1 fully saturated rings. The molecule has 1 atom stereocenters. The van der Waals surface area contributed by atoms with Crippen LogP contribution in [0, 0.1) is 5.92 Å². The van der Waals surface area contributed by atoms with E-state index in [1.54, 1.807) is 10.9 Å². The predicted molar refractivity (Wildman–Crippen MR) is 78.0 cm³/mol. The molecule has 1 heterocycles. The number of alkyl halides is 2. The van der Waals surface area contributed by atoms with Gasteiger partial charge in [0.25, 0.3) is 0 Å². The van der Waals surface area contributed by atoms with Crippen molar-refractivity contribution in [3.63, 3.8) is 0 Å². The van der Waals surface area contributed by atoms with Gasteiger partial charge in [0.2, 0.25) is 5.91 Å². The molecule has 1 unspecified atom stereocenters. The van der Waals surface area contributed by atoms with E-state index in [-0.39, 0.29) is 11.8 Å². The van der Waals surface area contributed by atoms with E-state index in [1.807, 2.05) is 36.5 Å². The van der Waals surface area contributed by atoms with Crippen LogP contribution in [-0.2, 0) is 11.3 Å². The summed E-state index contributed by atoms with van der Waals surface area (Å²) in [6.45, 7) is 0.471. The molecule has 0 saturated heterocycles. The minimum Gasteiger partial charge on any atom is -0.352 e. The van der Waals surface area contributed by atoms with E-state index in [1.165, 1.54) is 0 Å². The third kappa shape index (κ3) is 2.81. The highest BCUT2D eigenvalue weighted by atomic mass is 35.5. The highest BCUT2D eigenvalue weighted by molar-refractivity contribution is 6.52. The molecule has 1 N–H and O–H groups in total. The normalized spacial score (nSPS) is 19.6. The SMILES string of the molecule is O=C(NCc1ccc(-n2cccn2)cc1)C1CC1(Cl)Cl. The smallest absolute Gasteiger partial charge is 0.226 e. The molecule has 0 spiro atoms. The Balaban J connectivity index is 1.58. The Labute approximate surface area is 126 Å². The van der Waals surface area contributed by atoms with Crippen molar-refractivity contribution in [1.29, 1.82) is 0 Å². The number of hydrogen-bond acceptors (Lipinski definition) is 2. The summed E-state index contributed by atoms with van der Waals surface area (Å²) in [4.78, 5) is 11.8. The summed E-state index contributed by atoms with van der Waals surface area (Å²) in [6.07, 6.45) is 4.14. The Hall–Kier alpha value is -1.52. The number of aromatic nitrogens is 2. The van der Waals surface area contributed by atoms with Crippen LogP contribution in [0.1, 0.15) is 12.0 Å². The van der Waals surface area contributed by atoms with Crippen LogP contribution in [0.15, 0.2) is 42.7 Å². The van der Waals surface area contributed by atoms with Gasteiger partial charge in [-0.1, -0.05) is 12.1 Å². The minimum atomic E-state index is -0.867. The topological polar surface area (TPSA) is 46.9 Å². The fraction of sp³-hybridized carbons (Fsp3) is 0.286. The predicted octanol–water partition coefficient (Wildman–Crippen LogP) is 2.68. The molecule has 3 rings (SSSR count). The number of amides is 1. The molecular formula is C14H13Cl2N3O. The van der Waals surface area contributed by atoms with Crippen molar-refractivity contribution >= 4 is 29.1 Å². The van der Waals surface area contributed by atoms with Gasteiger partial charge < -0.3 is 5.32 Å². The third-order valence-corrected chi connectivity index (χ3v) is 4.15. The van der Waals surface area contributed by atoms with Gasteiger partial charge in [0, 0.05) is 18.9 Å². The average molecular weight is 310 g/mol. The van der Waals surface area contributed by atoms with Gasteiger partial charge in [0.15, 0.2) is 0 Å². The summed E-state index contributed by atoms with van der Waals surface area (Å²) in [5, 5.41) is 7.00. The molecule has 4 nitrogen and oxygen atoms in total. The lowest BCUT2D eigenvalue weighted by Gasteiger charge is -2.07. The molecule has 6 heteroatoms. The molecule has 0 aliphatic heterocycles. The van der Waals surface area contributed by atoms with Gasteiger partial charge >= 0.3 is 0 Å². The van der Waals surface area contributed by atoms with Crippen LogP contribution >= 0.6 is 23.2 Å². The van der Waals surface area contributed by atoms with Crippen molar-refractivity contribution in [2.45, 2.75) is 17.3 Å². The summed E-state index contributed by atoms with van der Waals surface area (Å²) in [6, 6.07) is 9.70. The number of nitrogens with one attached hydrogen (secondary N) is 1. The van der Waals surface area contributed by atoms with Crippen LogP contribution in [-0.4, -0.2) is 20.0 Å². The number of carbonyl (C=O) groups excluding carboxylic acids is 1. The zero-order valence-electron chi connectivity index (χ0n) is 10.6. The molecule has 2 aromatic rings. The minimum absolute atomic E-state index is 0.0915. The second-order valence-electron chi connectivity index (χ2n) is 4.85. The quantitative estimate of drug-likeness (QED) is 0.883. The van der Waals surface area contributed by atoms with Gasteiger partial charge in [0.05, 0.1) is 11.6 Å². The van der Waals surface area contributed by atoms with Gasteiger partial charge in [-0.3, -0.25) is 4.79 Å². The van der Waals surface area contributed by atoms with Crippen LogP contribution in [0.25, 0.3) is 5.69 Å². The Morgan fingerprint density at radius 2 is 2.10 bits per heavy atom. The average Bonchev–Trinajstić information content (AvgIpc) is 2.87. The largest absolute Gasteiger partial charge is 0.352 e. The van der Waals surface area contributed by atoms with Crippen LogP contribution < -0.4 is 5.32 Å². The molecule has 1 saturated carbocycles. The fourth-order valence-corrected chi connectivity index (χ4v) is 2.50. The Bertz CT molecular complexity index is 608. The maximum Gasteiger partial charge on any atom is 0.226 e. The van der Waals surface area contributed by atoms with E-state index in [2.05, 4.69) is 10.4 Å². The van der Waals surface area contributed by atoms with E-state index in [0.29, 0.717) is 13.0 Å². The Kier molecular flexibility index (Phi) is 3.44.